The van der Waals surface area contributed by atoms with Crippen LogP contribution in [0, 0.1) is 6.92 Å². The summed E-state index contributed by atoms with van der Waals surface area (Å²) in [5, 5.41) is 12.1. The van der Waals surface area contributed by atoms with Crippen molar-refractivity contribution in [2.24, 2.45) is 0 Å². The lowest BCUT2D eigenvalue weighted by atomic mass is 10.1. The number of nitrogens with one attached hydrogen (secondary N) is 1. The summed E-state index contributed by atoms with van der Waals surface area (Å²) in [6.45, 7) is 1.85. The van der Waals surface area contributed by atoms with Crippen LogP contribution in [0.4, 0.5) is 5.13 Å². The van der Waals surface area contributed by atoms with Crippen LogP contribution in [0.25, 0.3) is 0 Å². The van der Waals surface area contributed by atoms with Gasteiger partial charge in [-0.05, 0) is 42.8 Å². The quantitative estimate of drug-likeness (QED) is 0.547. The van der Waals surface area contributed by atoms with Gasteiger partial charge in [-0.1, -0.05) is 35.1 Å². The zero-order chi connectivity index (χ0) is 22.0. The van der Waals surface area contributed by atoms with Crippen molar-refractivity contribution in [3.63, 3.8) is 0 Å². The Morgan fingerprint density at radius 3 is 2.52 bits per heavy atom. The Morgan fingerprint density at radius 1 is 1.13 bits per heavy atom. The van der Waals surface area contributed by atoms with E-state index >= 15 is 0 Å². The number of hydrogen-bond acceptors (Lipinski definition) is 7. The number of amides is 3. The van der Waals surface area contributed by atoms with Crippen LogP contribution in [0.1, 0.15) is 31.3 Å². The molecule has 1 aliphatic heterocycles. The Kier molecular flexibility index (Phi) is 5.97. The highest BCUT2D eigenvalue weighted by Gasteiger charge is 2.34. The SMILES string of the molecule is Cc1cc(OCC(=O)Nc2nnc(CCN3C(=O)c4ccccc4C3=O)s2)ccc1Cl. The van der Waals surface area contributed by atoms with Gasteiger partial charge in [0, 0.05) is 18.0 Å². The number of fused-ring (bicyclic) bond motifs is 1. The molecule has 0 bridgehead atoms. The number of ether oxygens (including phenoxy) is 1. The van der Waals surface area contributed by atoms with E-state index in [-0.39, 0.29) is 30.9 Å². The molecule has 31 heavy (non-hydrogen) atoms. The number of aromatic nitrogens is 2. The van der Waals surface area contributed by atoms with Crippen LogP contribution in [0.3, 0.4) is 0 Å². The van der Waals surface area contributed by atoms with Gasteiger partial charge in [-0.2, -0.15) is 0 Å². The third-order valence-corrected chi connectivity index (χ3v) is 5.96. The highest BCUT2D eigenvalue weighted by atomic mass is 35.5. The van der Waals surface area contributed by atoms with E-state index in [1.807, 2.05) is 6.92 Å². The predicted octanol–water partition coefficient (Wildman–Crippen LogP) is 3.36. The first-order valence-electron chi connectivity index (χ1n) is 9.39. The predicted molar refractivity (Wildman–Crippen MR) is 116 cm³/mol. The van der Waals surface area contributed by atoms with Gasteiger partial charge in [-0.25, -0.2) is 0 Å². The fraction of sp³-hybridized carbons (Fsp3) is 0.190. The molecule has 0 radical (unpaired) electrons. The molecule has 3 amide bonds. The van der Waals surface area contributed by atoms with Gasteiger partial charge in [0.25, 0.3) is 17.7 Å². The van der Waals surface area contributed by atoms with E-state index in [1.54, 1.807) is 42.5 Å². The van der Waals surface area contributed by atoms with Gasteiger partial charge in [0.1, 0.15) is 10.8 Å². The fourth-order valence-corrected chi connectivity index (χ4v) is 3.93. The summed E-state index contributed by atoms with van der Waals surface area (Å²) in [5.41, 5.74) is 1.67. The molecule has 4 rings (SSSR count). The topological polar surface area (TPSA) is 101 Å². The molecule has 0 saturated heterocycles. The second kappa shape index (κ2) is 8.83. The zero-order valence-corrected chi connectivity index (χ0v) is 18.0. The third-order valence-electron chi connectivity index (χ3n) is 4.64. The standard InChI is InChI=1S/C21H17ClN4O4S/c1-12-10-13(6-7-16(12)22)30-11-17(27)23-21-25-24-18(31-21)8-9-26-19(28)14-4-2-3-5-15(14)20(26)29/h2-7,10H,8-9,11H2,1H3,(H,23,25,27). The zero-order valence-electron chi connectivity index (χ0n) is 16.4. The number of carbonyl (C=O) groups is 3. The molecule has 1 aliphatic rings. The fourth-order valence-electron chi connectivity index (χ4n) is 3.07. The smallest absolute Gasteiger partial charge is 0.264 e. The van der Waals surface area contributed by atoms with Crippen LogP contribution in [-0.4, -0.2) is 46.0 Å². The lowest BCUT2D eigenvalue weighted by Crippen LogP contribution is -2.31. The van der Waals surface area contributed by atoms with Gasteiger partial charge in [-0.15, -0.1) is 10.2 Å². The molecular weight excluding hydrogens is 440 g/mol. The lowest BCUT2D eigenvalue weighted by molar-refractivity contribution is -0.118. The molecule has 0 fully saturated rings. The second-order valence-corrected chi connectivity index (χ2v) is 8.28. The van der Waals surface area contributed by atoms with Crippen LogP contribution in [0.5, 0.6) is 5.75 Å². The third kappa shape index (κ3) is 4.57. The van der Waals surface area contributed by atoms with Gasteiger partial charge in [-0.3, -0.25) is 24.6 Å². The molecule has 8 nitrogen and oxygen atoms in total. The summed E-state index contributed by atoms with van der Waals surface area (Å²) < 4.78 is 5.46. The van der Waals surface area contributed by atoms with Gasteiger partial charge >= 0.3 is 0 Å². The van der Waals surface area contributed by atoms with E-state index in [0.29, 0.717) is 38.5 Å². The number of benzene rings is 2. The second-order valence-electron chi connectivity index (χ2n) is 6.81. The first-order valence-corrected chi connectivity index (χ1v) is 10.6. The van der Waals surface area contributed by atoms with E-state index in [0.717, 1.165) is 5.56 Å². The van der Waals surface area contributed by atoms with E-state index < -0.39 is 0 Å². The van der Waals surface area contributed by atoms with Gasteiger partial charge in [0.2, 0.25) is 5.13 Å². The van der Waals surface area contributed by atoms with Gasteiger partial charge < -0.3 is 4.74 Å². The number of hydrogen-bond donors (Lipinski definition) is 1. The van der Waals surface area contributed by atoms with Crippen molar-refractivity contribution in [3.8, 4) is 5.75 Å². The largest absolute Gasteiger partial charge is 0.484 e. The normalized spacial score (nSPS) is 12.8. The summed E-state index contributed by atoms with van der Waals surface area (Å²) in [6.07, 6.45) is 0.347. The molecule has 0 atom stereocenters. The average Bonchev–Trinajstić information content (AvgIpc) is 3.30. The molecule has 3 aromatic rings. The minimum absolute atomic E-state index is 0.188. The average molecular weight is 457 g/mol. The molecule has 158 valence electrons. The monoisotopic (exact) mass is 456 g/mol. The summed E-state index contributed by atoms with van der Waals surface area (Å²) >= 11 is 7.15. The first kappa shape index (κ1) is 21.0. The summed E-state index contributed by atoms with van der Waals surface area (Å²) in [6, 6.07) is 11.9. The number of aryl methyl sites for hydroxylation is 1. The molecule has 10 heteroatoms. The Morgan fingerprint density at radius 2 is 1.84 bits per heavy atom. The van der Waals surface area contributed by atoms with E-state index in [4.69, 9.17) is 16.3 Å². The highest BCUT2D eigenvalue weighted by Crippen LogP contribution is 2.24. The molecule has 0 aliphatic carbocycles. The summed E-state index contributed by atoms with van der Waals surface area (Å²) in [7, 11) is 0. The number of carbonyl (C=O) groups excluding carboxylic acids is 3. The minimum Gasteiger partial charge on any atom is -0.484 e. The molecular formula is C21H17ClN4O4S. The Hall–Kier alpha value is -3.30. The van der Waals surface area contributed by atoms with Crippen LogP contribution >= 0.6 is 22.9 Å². The van der Waals surface area contributed by atoms with Crippen molar-refractivity contribution in [2.45, 2.75) is 13.3 Å². The maximum absolute atomic E-state index is 12.4. The van der Waals surface area contributed by atoms with Gasteiger partial charge in [0.15, 0.2) is 6.61 Å². The molecule has 0 spiro atoms. The number of rotatable bonds is 7. The number of imide groups is 1. The summed E-state index contributed by atoms with van der Waals surface area (Å²) in [4.78, 5) is 38.1. The Bertz CT molecular complexity index is 1140. The van der Waals surface area contributed by atoms with Crippen LogP contribution in [0.15, 0.2) is 42.5 Å². The highest BCUT2D eigenvalue weighted by molar-refractivity contribution is 7.15. The molecule has 1 N–H and O–H groups in total. The molecule has 0 unspecified atom stereocenters. The van der Waals surface area contributed by atoms with Crippen molar-refractivity contribution >= 4 is 45.8 Å². The molecule has 0 saturated carbocycles. The lowest BCUT2D eigenvalue weighted by Gasteiger charge is -2.12. The Labute approximate surface area is 186 Å². The van der Waals surface area contributed by atoms with E-state index in [1.165, 1.54) is 16.2 Å². The van der Waals surface area contributed by atoms with Crippen molar-refractivity contribution < 1.29 is 19.1 Å². The van der Waals surface area contributed by atoms with E-state index in [9.17, 15) is 14.4 Å². The molecule has 2 aromatic carbocycles. The molecule has 2 heterocycles. The minimum atomic E-state index is -0.379. The van der Waals surface area contributed by atoms with Crippen LogP contribution in [0.2, 0.25) is 5.02 Å². The van der Waals surface area contributed by atoms with E-state index in [2.05, 4.69) is 15.5 Å². The number of halogens is 1. The molecule has 1 aromatic heterocycles. The maximum atomic E-state index is 12.4. The van der Waals surface area contributed by atoms with Crippen LogP contribution in [-0.2, 0) is 11.2 Å². The van der Waals surface area contributed by atoms with Crippen molar-refractivity contribution in [1.82, 2.24) is 15.1 Å². The van der Waals surface area contributed by atoms with Gasteiger partial charge in [0.05, 0.1) is 11.1 Å². The number of nitrogens with zero attached hydrogens (tertiary/aromatic N) is 3. The Balaban J connectivity index is 1.28. The van der Waals surface area contributed by atoms with Crippen LogP contribution < -0.4 is 10.1 Å². The van der Waals surface area contributed by atoms with Crippen molar-refractivity contribution in [2.75, 3.05) is 18.5 Å². The van der Waals surface area contributed by atoms with Crippen molar-refractivity contribution in [1.29, 1.82) is 0 Å². The first-order chi connectivity index (χ1) is 14.9. The maximum Gasteiger partial charge on any atom is 0.264 e. The summed E-state index contributed by atoms with van der Waals surface area (Å²) in [5.74, 6) is -0.465. The number of anilines is 1. The van der Waals surface area contributed by atoms with Crippen molar-refractivity contribution in [3.05, 3.63) is 69.2 Å².